The van der Waals surface area contributed by atoms with Gasteiger partial charge in [0.15, 0.2) is 0 Å². The molecule has 2 rings (SSSR count). The monoisotopic (exact) mass is 330 g/mol. The third kappa shape index (κ3) is 2.42. The Morgan fingerprint density at radius 3 is 2.78 bits per heavy atom. The first-order valence-corrected chi connectivity index (χ1v) is 7.10. The molecule has 1 amide bonds. The van der Waals surface area contributed by atoms with E-state index in [0.717, 1.165) is 10.0 Å². The third-order valence-corrected chi connectivity index (χ3v) is 4.19. The Labute approximate surface area is 120 Å². The van der Waals surface area contributed by atoms with E-state index in [0.29, 0.717) is 11.4 Å². The van der Waals surface area contributed by atoms with Gasteiger partial charge in [-0.15, -0.1) is 0 Å². The van der Waals surface area contributed by atoms with Crippen molar-refractivity contribution in [2.24, 2.45) is 5.73 Å². The van der Waals surface area contributed by atoms with Gasteiger partial charge in [-0.25, -0.2) is 0 Å². The van der Waals surface area contributed by atoms with Gasteiger partial charge in [0.05, 0.1) is 6.04 Å². The van der Waals surface area contributed by atoms with Crippen molar-refractivity contribution < 1.29 is 4.79 Å². The first-order valence-electron chi connectivity index (χ1n) is 5.93. The Kier molecular flexibility index (Phi) is 3.99. The Bertz CT molecular complexity index is 478. The molecule has 0 spiro atoms. The van der Waals surface area contributed by atoms with Crippen molar-refractivity contribution in [3.8, 4) is 0 Å². The first-order chi connectivity index (χ1) is 8.41. The minimum Gasteiger partial charge on any atom is -0.332 e. The number of hydrogen-bond donors (Lipinski definition) is 1. The SMILES string of the molecule is CC(C)N1C(=O)CC(N)C1c1cc(Cl)ccc1Br. The van der Waals surface area contributed by atoms with Gasteiger partial charge in [0, 0.05) is 28.0 Å². The lowest BCUT2D eigenvalue weighted by Gasteiger charge is -2.31. The minimum atomic E-state index is -0.185. The number of benzene rings is 1. The number of carbonyl (C=O) groups is 1. The van der Waals surface area contributed by atoms with E-state index in [1.807, 2.05) is 36.9 Å². The van der Waals surface area contributed by atoms with Crippen LogP contribution in [0, 0.1) is 0 Å². The molecular formula is C13H16BrClN2O. The minimum absolute atomic E-state index is 0.106. The van der Waals surface area contributed by atoms with Crippen molar-refractivity contribution in [3.63, 3.8) is 0 Å². The van der Waals surface area contributed by atoms with Gasteiger partial charge >= 0.3 is 0 Å². The van der Waals surface area contributed by atoms with Crippen LogP contribution in [0.1, 0.15) is 31.9 Å². The molecule has 0 saturated carbocycles. The molecule has 2 atom stereocenters. The lowest BCUT2D eigenvalue weighted by Crippen LogP contribution is -2.37. The zero-order chi connectivity index (χ0) is 13.4. The van der Waals surface area contributed by atoms with Crippen LogP contribution < -0.4 is 5.73 Å². The fourth-order valence-electron chi connectivity index (χ4n) is 2.51. The molecule has 1 aromatic carbocycles. The summed E-state index contributed by atoms with van der Waals surface area (Å²) in [5, 5.41) is 0.656. The van der Waals surface area contributed by atoms with Crippen LogP contribution in [0.15, 0.2) is 22.7 Å². The summed E-state index contributed by atoms with van der Waals surface area (Å²) in [6.45, 7) is 4.00. The van der Waals surface area contributed by atoms with E-state index < -0.39 is 0 Å². The van der Waals surface area contributed by atoms with E-state index in [-0.39, 0.29) is 24.0 Å². The van der Waals surface area contributed by atoms with Crippen molar-refractivity contribution in [1.29, 1.82) is 0 Å². The number of rotatable bonds is 2. The second kappa shape index (κ2) is 5.19. The van der Waals surface area contributed by atoms with Gasteiger partial charge in [0.1, 0.15) is 0 Å². The molecule has 1 heterocycles. The van der Waals surface area contributed by atoms with Gasteiger partial charge in [-0.2, -0.15) is 0 Å². The standard InChI is InChI=1S/C13H16BrClN2O/c1-7(2)17-12(18)6-11(16)13(17)9-5-8(15)3-4-10(9)14/h3-5,7,11,13H,6,16H2,1-2H3. The molecule has 1 saturated heterocycles. The summed E-state index contributed by atoms with van der Waals surface area (Å²) in [5.74, 6) is 0.106. The van der Waals surface area contributed by atoms with Gasteiger partial charge in [-0.05, 0) is 37.6 Å². The molecule has 1 aliphatic rings. The largest absolute Gasteiger partial charge is 0.332 e. The maximum Gasteiger partial charge on any atom is 0.225 e. The fourth-order valence-corrected chi connectivity index (χ4v) is 3.17. The van der Waals surface area contributed by atoms with Crippen molar-refractivity contribution in [1.82, 2.24) is 4.90 Å². The van der Waals surface area contributed by atoms with Crippen LogP contribution >= 0.6 is 27.5 Å². The van der Waals surface area contributed by atoms with Gasteiger partial charge in [-0.3, -0.25) is 4.79 Å². The highest BCUT2D eigenvalue weighted by Gasteiger charge is 2.40. The van der Waals surface area contributed by atoms with Crippen molar-refractivity contribution in [2.45, 2.75) is 38.4 Å². The number of carbonyl (C=O) groups excluding carboxylic acids is 1. The van der Waals surface area contributed by atoms with E-state index in [4.69, 9.17) is 17.3 Å². The predicted octanol–water partition coefficient (Wildman–Crippen LogP) is 3.11. The summed E-state index contributed by atoms with van der Waals surface area (Å²) in [6.07, 6.45) is 0.391. The molecule has 3 nitrogen and oxygen atoms in total. The third-order valence-electron chi connectivity index (χ3n) is 3.24. The van der Waals surface area contributed by atoms with Crippen LogP contribution in [-0.2, 0) is 4.79 Å². The summed E-state index contributed by atoms with van der Waals surface area (Å²) < 4.78 is 0.938. The number of nitrogens with zero attached hydrogens (tertiary/aromatic N) is 1. The lowest BCUT2D eigenvalue weighted by molar-refractivity contribution is -0.130. The van der Waals surface area contributed by atoms with Crippen LogP contribution in [0.3, 0.4) is 0 Å². The molecule has 18 heavy (non-hydrogen) atoms. The molecule has 5 heteroatoms. The normalized spacial score (nSPS) is 24.1. The summed E-state index contributed by atoms with van der Waals surface area (Å²) in [7, 11) is 0. The Balaban J connectivity index is 2.46. The smallest absolute Gasteiger partial charge is 0.225 e. The fraction of sp³-hybridized carbons (Fsp3) is 0.462. The number of likely N-dealkylation sites (tertiary alicyclic amines) is 1. The number of nitrogens with two attached hydrogens (primary N) is 1. The van der Waals surface area contributed by atoms with Crippen LogP contribution in [0.4, 0.5) is 0 Å². The van der Waals surface area contributed by atoms with Crippen LogP contribution in [0.25, 0.3) is 0 Å². The highest BCUT2D eigenvalue weighted by Crippen LogP contribution is 2.38. The average molecular weight is 332 g/mol. The summed E-state index contributed by atoms with van der Waals surface area (Å²) in [6, 6.07) is 5.43. The van der Waals surface area contributed by atoms with E-state index in [2.05, 4.69) is 15.9 Å². The number of hydrogen-bond acceptors (Lipinski definition) is 2. The Morgan fingerprint density at radius 1 is 1.50 bits per heavy atom. The van der Waals surface area contributed by atoms with Crippen LogP contribution in [0.2, 0.25) is 5.02 Å². The first kappa shape index (κ1) is 13.8. The van der Waals surface area contributed by atoms with E-state index >= 15 is 0 Å². The second-order valence-corrected chi connectivity index (χ2v) is 6.16. The van der Waals surface area contributed by atoms with Gasteiger partial charge in [0.25, 0.3) is 0 Å². The molecular weight excluding hydrogens is 316 g/mol. The molecule has 0 aliphatic carbocycles. The molecule has 98 valence electrons. The Hall–Kier alpha value is -0.580. The van der Waals surface area contributed by atoms with Gasteiger partial charge in [0.2, 0.25) is 5.91 Å². The molecule has 0 aromatic heterocycles. The maximum atomic E-state index is 12.0. The summed E-state index contributed by atoms with van der Waals surface area (Å²) >= 11 is 9.55. The average Bonchev–Trinajstić information content (AvgIpc) is 2.57. The molecule has 0 radical (unpaired) electrons. The second-order valence-electron chi connectivity index (χ2n) is 4.87. The predicted molar refractivity (Wildman–Crippen MR) is 76.5 cm³/mol. The van der Waals surface area contributed by atoms with E-state index in [1.54, 1.807) is 0 Å². The Morgan fingerprint density at radius 2 is 2.17 bits per heavy atom. The number of halogens is 2. The number of amides is 1. The van der Waals surface area contributed by atoms with E-state index in [9.17, 15) is 4.79 Å². The highest BCUT2D eigenvalue weighted by molar-refractivity contribution is 9.10. The zero-order valence-corrected chi connectivity index (χ0v) is 12.7. The molecule has 2 N–H and O–H groups in total. The van der Waals surface area contributed by atoms with Crippen LogP contribution in [-0.4, -0.2) is 22.9 Å². The maximum absolute atomic E-state index is 12.0. The van der Waals surface area contributed by atoms with Crippen molar-refractivity contribution >= 4 is 33.4 Å². The van der Waals surface area contributed by atoms with Gasteiger partial charge < -0.3 is 10.6 Å². The topological polar surface area (TPSA) is 46.3 Å². The summed E-state index contributed by atoms with van der Waals surface area (Å²) in [4.78, 5) is 13.9. The van der Waals surface area contributed by atoms with Crippen molar-refractivity contribution in [3.05, 3.63) is 33.3 Å². The molecule has 1 aromatic rings. The summed E-state index contributed by atoms with van der Waals surface area (Å²) in [5.41, 5.74) is 7.10. The quantitative estimate of drug-likeness (QED) is 0.905. The van der Waals surface area contributed by atoms with Gasteiger partial charge in [-0.1, -0.05) is 27.5 Å². The van der Waals surface area contributed by atoms with E-state index in [1.165, 1.54) is 0 Å². The highest BCUT2D eigenvalue weighted by atomic mass is 79.9. The molecule has 1 aliphatic heterocycles. The van der Waals surface area contributed by atoms with Crippen molar-refractivity contribution in [2.75, 3.05) is 0 Å². The van der Waals surface area contributed by atoms with Crippen LogP contribution in [0.5, 0.6) is 0 Å². The molecule has 0 bridgehead atoms. The lowest BCUT2D eigenvalue weighted by atomic mass is 10.00. The molecule has 2 unspecified atom stereocenters. The molecule has 1 fully saturated rings. The zero-order valence-electron chi connectivity index (χ0n) is 10.4.